The molecule has 0 aromatic heterocycles. The molecule has 0 aliphatic heterocycles. The summed E-state index contributed by atoms with van der Waals surface area (Å²) in [5.74, 6) is -0.269. The first-order valence-electron chi connectivity index (χ1n) is 12.6. The zero-order chi connectivity index (χ0) is 26.4. The quantitative estimate of drug-likeness (QED) is 0.0897. The van der Waals surface area contributed by atoms with Crippen molar-refractivity contribution < 1.29 is 18.4 Å². The van der Waals surface area contributed by atoms with Crippen LogP contribution in [0.4, 0.5) is 0 Å². The standard InChI is InChI=1S/C27H50O4SSi2/c1-21-16-18-23(19-17-21)32-25(30-22(2)28)24(31-34(11,12)27(6,7)8)15-13-14-20-29-33(9,10)26(3,4)5/h16-19,24-25H,13-15,20H2,1-12H3/t24-,25?/m0/s1. The number of aryl methyl sites for hydroxylation is 1. The molecule has 0 amide bonds. The van der Waals surface area contributed by atoms with E-state index in [9.17, 15) is 4.79 Å². The molecule has 0 N–H and O–H groups in total. The van der Waals surface area contributed by atoms with Crippen LogP contribution in [0.3, 0.4) is 0 Å². The Bertz CT molecular complexity index is 764. The predicted molar refractivity (Wildman–Crippen MR) is 152 cm³/mol. The summed E-state index contributed by atoms with van der Waals surface area (Å²) in [6.07, 6.45) is 2.62. The average Bonchev–Trinajstić information content (AvgIpc) is 2.65. The van der Waals surface area contributed by atoms with Gasteiger partial charge < -0.3 is 13.6 Å². The van der Waals surface area contributed by atoms with Crippen LogP contribution < -0.4 is 0 Å². The number of hydrogen-bond donors (Lipinski definition) is 0. The lowest BCUT2D eigenvalue weighted by Gasteiger charge is -2.41. The summed E-state index contributed by atoms with van der Waals surface area (Å²) in [6.45, 7) is 27.0. The molecule has 0 saturated carbocycles. The first-order valence-corrected chi connectivity index (χ1v) is 19.3. The molecule has 0 aliphatic carbocycles. The maximum atomic E-state index is 12.1. The Kier molecular flexibility index (Phi) is 11.6. The summed E-state index contributed by atoms with van der Waals surface area (Å²) in [5.41, 5.74) is 0.833. The highest BCUT2D eigenvalue weighted by molar-refractivity contribution is 7.99. The molecule has 196 valence electrons. The van der Waals surface area contributed by atoms with Gasteiger partial charge in [-0.2, -0.15) is 0 Å². The van der Waals surface area contributed by atoms with Crippen LogP contribution in [0.1, 0.15) is 73.3 Å². The molecule has 4 nitrogen and oxygen atoms in total. The second-order valence-electron chi connectivity index (χ2n) is 12.4. The summed E-state index contributed by atoms with van der Waals surface area (Å²) in [7, 11) is -3.80. The van der Waals surface area contributed by atoms with Gasteiger partial charge in [-0.3, -0.25) is 4.79 Å². The Morgan fingerprint density at radius 3 is 1.91 bits per heavy atom. The zero-order valence-corrected chi connectivity index (χ0v) is 26.7. The van der Waals surface area contributed by atoms with Crippen molar-refractivity contribution in [3.05, 3.63) is 29.8 Å². The van der Waals surface area contributed by atoms with Crippen molar-refractivity contribution >= 4 is 34.4 Å². The van der Waals surface area contributed by atoms with Gasteiger partial charge >= 0.3 is 5.97 Å². The Balaban J connectivity index is 2.99. The van der Waals surface area contributed by atoms with Crippen molar-refractivity contribution in [1.82, 2.24) is 0 Å². The van der Waals surface area contributed by atoms with Gasteiger partial charge in [0.25, 0.3) is 0 Å². The maximum absolute atomic E-state index is 12.1. The topological polar surface area (TPSA) is 44.8 Å². The third kappa shape index (κ3) is 10.2. The molecule has 0 fully saturated rings. The van der Waals surface area contributed by atoms with Crippen LogP contribution in [-0.4, -0.2) is 40.8 Å². The van der Waals surface area contributed by atoms with E-state index < -0.39 is 16.6 Å². The van der Waals surface area contributed by atoms with Gasteiger partial charge in [-0.1, -0.05) is 71.0 Å². The molecule has 0 spiro atoms. The highest BCUT2D eigenvalue weighted by Crippen LogP contribution is 2.40. The molecule has 0 aliphatic rings. The number of unbranched alkanes of at least 4 members (excludes halogenated alkanes) is 1. The molecular weight excluding hydrogens is 477 g/mol. The van der Waals surface area contributed by atoms with Crippen molar-refractivity contribution in [1.29, 1.82) is 0 Å². The Morgan fingerprint density at radius 2 is 1.44 bits per heavy atom. The first-order chi connectivity index (χ1) is 15.4. The molecule has 0 heterocycles. The number of rotatable bonds is 12. The Labute approximate surface area is 216 Å². The van der Waals surface area contributed by atoms with E-state index in [1.165, 1.54) is 12.5 Å². The van der Waals surface area contributed by atoms with Gasteiger partial charge in [-0.05, 0) is 74.6 Å². The lowest BCUT2D eigenvalue weighted by atomic mass is 10.1. The van der Waals surface area contributed by atoms with E-state index >= 15 is 0 Å². The molecule has 0 radical (unpaired) electrons. The minimum Gasteiger partial charge on any atom is -0.448 e. The van der Waals surface area contributed by atoms with Crippen molar-refractivity contribution in [3.8, 4) is 0 Å². The fourth-order valence-electron chi connectivity index (χ4n) is 2.89. The normalized spacial score (nSPS) is 15.2. The van der Waals surface area contributed by atoms with Crippen LogP contribution >= 0.6 is 11.8 Å². The monoisotopic (exact) mass is 526 g/mol. The largest absolute Gasteiger partial charge is 0.448 e. The van der Waals surface area contributed by atoms with E-state index in [0.29, 0.717) is 0 Å². The maximum Gasteiger partial charge on any atom is 0.303 e. The number of carbonyl (C=O) groups excluding carboxylic acids is 1. The smallest absolute Gasteiger partial charge is 0.303 e. The minimum atomic E-state index is -2.06. The summed E-state index contributed by atoms with van der Waals surface area (Å²) in [4.78, 5) is 13.1. The fraction of sp³-hybridized carbons (Fsp3) is 0.741. The van der Waals surface area contributed by atoms with Crippen LogP contribution in [-0.2, 0) is 18.4 Å². The second kappa shape index (κ2) is 12.6. The summed E-state index contributed by atoms with van der Waals surface area (Å²) in [5, 5.41) is 0.290. The first kappa shape index (κ1) is 31.4. The number of esters is 1. The van der Waals surface area contributed by atoms with Gasteiger partial charge in [0.1, 0.15) is 0 Å². The highest BCUT2D eigenvalue weighted by Gasteiger charge is 2.42. The van der Waals surface area contributed by atoms with E-state index in [1.807, 2.05) is 0 Å². The number of carbonyl (C=O) groups is 1. The summed E-state index contributed by atoms with van der Waals surface area (Å²) in [6, 6.07) is 8.37. The third-order valence-corrected chi connectivity index (χ3v) is 17.5. The van der Waals surface area contributed by atoms with Gasteiger partial charge in [0.05, 0.1) is 6.10 Å². The fourth-order valence-corrected chi connectivity index (χ4v) is 6.51. The number of hydrogen-bond acceptors (Lipinski definition) is 5. The van der Waals surface area contributed by atoms with E-state index in [-0.39, 0.29) is 27.6 Å². The second-order valence-corrected chi connectivity index (χ2v) is 23.2. The molecule has 34 heavy (non-hydrogen) atoms. The van der Waals surface area contributed by atoms with Gasteiger partial charge in [-0.25, -0.2) is 0 Å². The Morgan fingerprint density at radius 1 is 0.912 bits per heavy atom. The van der Waals surface area contributed by atoms with E-state index in [0.717, 1.165) is 30.8 Å². The third-order valence-electron chi connectivity index (χ3n) is 7.26. The van der Waals surface area contributed by atoms with Crippen LogP contribution in [0.25, 0.3) is 0 Å². The van der Waals surface area contributed by atoms with Crippen LogP contribution in [0.5, 0.6) is 0 Å². The van der Waals surface area contributed by atoms with Gasteiger partial charge in [-0.15, -0.1) is 0 Å². The van der Waals surface area contributed by atoms with Crippen molar-refractivity contribution in [2.75, 3.05) is 6.61 Å². The van der Waals surface area contributed by atoms with Crippen molar-refractivity contribution in [2.45, 2.75) is 127 Å². The molecule has 0 saturated heterocycles. The van der Waals surface area contributed by atoms with Crippen LogP contribution in [0.15, 0.2) is 29.2 Å². The number of thioether (sulfide) groups is 1. The molecule has 1 unspecified atom stereocenters. The lowest BCUT2D eigenvalue weighted by Crippen LogP contribution is -2.47. The summed E-state index contributed by atoms with van der Waals surface area (Å²) < 4.78 is 19.1. The van der Waals surface area contributed by atoms with Gasteiger partial charge in [0.2, 0.25) is 0 Å². The average molecular weight is 527 g/mol. The molecule has 0 bridgehead atoms. The molecule has 1 aromatic carbocycles. The van der Waals surface area contributed by atoms with Crippen LogP contribution in [0, 0.1) is 6.92 Å². The van der Waals surface area contributed by atoms with Crippen molar-refractivity contribution in [3.63, 3.8) is 0 Å². The SMILES string of the molecule is CC(=O)OC(Sc1ccc(C)cc1)[C@H](CCCCO[Si](C)(C)C(C)(C)C)O[Si](C)(C)C(C)(C)C. The summed E-state index contributed by atoms with van der Waals surface area (Å²) >= 11 is 1.59. The number of ether oxygens (including phenoxy) is 1. The van der Waals surface area contributed by atoms with Crippen LogP contribution in [0.2, 0.25) is 36.3 Å². The predicted octanol–water partition coefficient (Wildman–Crippen LogP) is 8.56. The molecule has 7 heteroatoms. The molecular formula is C27H50O4SSi2. The van der Waals surface area contributed by atoms with E-state index in [2.05, 4.69) is 98.9 Å². The lowest BCUT2D eigenvalue weighted by molar-refractivity contribution is -0.145. The van der Waals surface area contributed by atoms with E-state index in [1.54, 1.807) is 11.8 Å². The zero-order valence-electron chi connectivity index (χ0n) is 23.8. The van der Waals surface area contributed by atoms with E-state index in [4.69, 9.17) is 13.6 Å². The molecule has 2 atom stereocenters. The highest BCUT2D eigenvalue weighted by atomic mass is 32.2. The van der Waals surface area contributed by atoms with Gasteiger partial charge in [0, 0.05) is 18.4 Å². The number of benzene rings is 1. The minimum absolute atomic E-state index is 0.0754. The van der Waals surface area contributed by atoms with Gasteiger partial charge in [0.15, 0.2) is 22.1 Å². The molecule has 1 rings (SSSR count). The Hall–Kier alpha value is -0.606. The van der Waals surface area contributed by atoms with Crippen molar-refractivity contribution in [2.24, 2.45) is 0 Å². The molecule has 1 aromatic rings.